The van der Waals surface area contributed by atoms with Gasteiger partial charge >= 0.3 is 6.18 Å². The molecule has 0 aliphatic rings. The van der Waals surface area contributed by atoms with Crippen molar-refractivity contribution in [2.75, 3.05) is 0 Å². The SMILES string of the molecule is N#CCc1c(-c2cccnc2)cccc1C(F)(F)F. The Balaban J connectivity index is 2.66. The quantitative estimate of drug-likeness (QED) is 0.824. The van der Waals surface area contributed by atoms with Gasteiger partial charge in [-0.2, -0.15) is 18.4 Å². The van der Waals surface area contributed by atoms with Gasteiger partial charge in [-0.1, -0.05) is 18.2 Å². The predicted octanol–water partition coefficient (Wildman–Crippen LogP) is 3.83. The summed E-state index contributed by atoms with van der Waals surface area (Å²) in [5.74, 6) is 0. The molecule has 0 saturated carbocycles. The maximum atomic E-state index is 12.9. The van der Waals surface area contributed by atoms with Crippen molar-refractivity contribution >= 4 is 0 Å². The van der Waals surface area contributed by atoms with Crippen molar-refractivity contribution in [2.24, 2.45) is 0 Å². The number of aromatic nitrogens is 1. The highest BCUT2D eigenvalue weighted by Gasteiger charge is 2.34. The molecule has 0 fully saturated rings. The van der Waals surface area contributed by atoms with Crippen LogP contribution in [-0.4, -0.2) is 4.98 Å². The Morgan fingerprint density at radius 2 is 1.95 bits per heavy atom. The molecule has 0 saturated heterocycles. The highest BCUT2D eigenvalue weighted by atomic mass is 19.4. The Hall–Kier alpha value is -2.35. The van der Waals surface area contributed by atoms with Crippen LogP contribution in [0.1, 0.15) is 11.1 Å². The fourth-order valence-corrected chi connectivity index (χ4v) is 1.91. The first-order valence-corrected chi connectivity index (χ1v) is 5.50. The zero-order valence-corrected chi connectivity index (χ0v) is 9.78. The van der Waals surface area contributed by atoms with Gasteiger partial charge < -0.3 is 0 Å². The van der Waals surface area contributed by atoms with Crippen molar-refractivity contribution in [1.29, 1.82) is 5.26 Å². The summed E-state index contributed by atoms with van der Waals surface area (Å²) in [5, 5.41) is 8.75. The van der Waals surface area contributed by atoms with Gasteiger partial charge in [0, 0.05) is 18.0 Å². The Kier molecular flexibility index (Phi) is 3.52. The van der Waals surface area contributed by atoms with Crippen LogP contribution in [0, 0.1) is 11.3 Å². The van der Waals surface area contributed by atoms with E-state index in [9.17, 15) is 13.2 Å². The van der Waals surface area contributed by atoms with Gasteiger partial charge in [0.25, 0.3) is 0 Å². The Labute approximate surface area is 108 Å². The highest BCUT2D eigenvalue weighted by Crippen LogP contribution is 2.36. The van der Waals surface area contributed by atoms with E-state index in [2.05, 4.69) is 4.98 Å². The van der Waals surface area contributed by atoms with Gasteiger partial charge in [-0.25, -0.2) is 0 Å². The average molecular weight is 262 g/mol. The van der Waals surface area contributed by atoms with Crippen molar-refractivity contribution in [3.8, 4) is 17.2 Å². The molecule has 1 aromatic carbocycles. The monoisotopic (exact) mass is 262 g/mol. The number of pyridine rings is 1. The molecule has 5 heteroatoms. The Bertz CT molecular complexity index is 613. The van der Waals surface area contributed by atoms with Gasteiger partial charge in [0.05, 0.1) is 18.1 Å². The van der Waals surface area contributed by atoms with Crippen molar-refractivity contribution < 1.29 is 13.2 Å². The highest BCUT2D eigenvalue weighted by molar-refractivity contribution is 5.68. The number of alkyl halides is 3. The summed E-state index contributed by atoms with van der Waals surface area (Å²) in [4.78, 5) is 3.89. The molecule has 0 atom stereocenters. The lowest BCUT2D eigenvalue weighted by Crippen LogP contribution is -2.10. The van der Waals surface area contributed by atoms with Crippen LogP contribution in [-0.2, 0) is 12.6 Å². The molecule has 1 heterocycles. The number of benzene rings is 1. The summed E-state index contributed by atoms with van der Waals surface area (Å²) in [6.07, 6.45) is -1.73. The van der Waals surface area contributed by atoms with E-state index in [1.807, 2.05) is 0 Å². The fraction of sp³-hybridized carbons (Fsp3) is 0.143. The topological polar surface area (TPSA) is 36.7 Å². The predicted molar refractivity (Wildman–Crippen MR) is 64.0 cm³/mol. The van der Waals surface area contributed by atoms with Crippen molar-refractivity contribution in [3.05, 3.63) is 53.9 Å². The van der Waals surface area contributed by atoms with E-state index < -0.39 is 11.7 Å². The third kappa shape index (κ3) is 2.74. The third-order valence-electron chi connectivity index (χ3n) is 2.71. The molecule has 0 spiro atoms. The molecule has 1 aromatic heterocycles. The average Bonchev–Trinajstić information content (AvgIpc) is 2.39. The molecule has 2 rings (SSSR count). The zero-order valence-electron chi connectivity index (χ0n) is 9.78. The molecule has 0 aliphatic carbocycles. The molecule has 2 nitrogen and oxygen atoms in total. The van der Waals surface area contributed by atoms with Gasteiger partial charge in [-0.3, -0.25) is 4.98 Å². The molecule has 0 aliphatic heterocycles. The lowest BCUT2D eigenvalue weighted by Gasteiger charge is -2.15. The lowest BCUT2D eigenvalue weighted by atomic mass is 9.94. The smallest absolute Gasteiger partial charge is 0.264 e. The van der Waals surface area contributed by atoms with E-state index in [0.717, 1.165) is 6.07 Å². The maximum absolute atomic E-state index is 12.9. The van der Waals surface area contributed by atoms with Crippen molar-refractivity contribution in [3.63, 3.8) is 0 Å². The Morgan fingerprint density at radius 3 is 2.53 bits per heavy atom. The molecule has 0 N–H and O–H groups in total. The summed E-state index contributed by atoms with van der Waals surface area (Å²) in [6, 6.07) is 9.00. The van der Waals surface area contributed by atoms with Crippen LogP contribution in [0.15, 0.2) is 42.7 Å². The van der Waals surface area contributed by atoms with Crippen LogP contribution in [0.4, 0.5) is 13.2 Å². The standard InChI is InChI=1S/C14H9F3N2/c15-14(16,17)13-5-1-4-11(12(13)6-7-18)10-3-2-8-19-9-10/h1-5,8-9H,6H2. The molecule has 2 aromatic rings. The van der Waals surface area contributed by atoms with Gasteiger partial charge in [-0.05, 0) is 23.3 Å². The molecular formula is C14H9F3N2. The summed E-state index contributed by atoms with van der Waals surface area (Å²) in [5.41, 5.74) is 0.184. The van der Waals surface area contributed by atoms with Crippen LogP contribution in [0.2, 0.25) is 0 Å². The van der Waals surface area contributed by atoms with Gasteiger partial charge in [0.2, 0.25) is 0 Å². The van der Waals surface area contributed by atoms with Crippen LogP contribution < -0.4 is 0 Å². The van der Waals surface area contributed by atoms with Crippen molar-refractivity contribution in [2.45, 2.75) is 12.6 Å². The number of rotatable bonds is 2. The van der Waals surface area contributed by atoms with E-state index in [4.69, 9.17) is 5.26 Å². The summed E-state index contributed by atoms with van der Waals surface area (Å²) >= 11 is 0. The first kappa shape index (κ1) is 13.1. The summed E-state index contributed by atoms with van der Waals surface area (Å²) < 4.78 is 38.8. The lowest BCUT2D eigenvalue weighted by molar-refractivity contribution is -0.138. The third-order valence-corrected chi connectivity index (χ3v) is 2.71. The van der Waals surface area contributed by atoms with Gasteiger partial charge in [0.15, 0.2) is 0 Å². The molecular weight excluding hydrogens is 253 g/mol. The first-order chi connectivity index (χ1) is 9.04. The van der Waals surface area contributed by atoms with Gasteiger partial charge in [-0.15, -0.1) is 0 Å². The molecule has 96 valence electrons. The number of hydrogen-bond acceptors (Lipinski definition) is 2. The van der Waals surface area contributed by atoms with Crippen LogP contribution in [0.3, 0.4) is 0 Å². The summed E-state index contributed by atoms with van der Waals surface area (Å²) in [6.45, 7) is 0. The molecule has 0 radical (unpaired) electrons. The molecule has 19 heavy (non-hydrogen) atoms. The van der Waals surface area contributed by atoms with Gasteiger partial charge in [0.1, 0.15) is 0 Å². The second kappa shape index (κ2) is 5.11. The number of halogens is 3. The van der Waals surface area contributed by atoms with Crippen molar-refractivity contribution in [1.82, 2.24) is 4.98 Å². The normalized spacial score (nSPS) is 11.1. The van der Waals surface area contributed by atoms with E-state index in [1.165, 1.54) is 12.3 Å². The molecule has 0 unspecified atom stereocenters. The minimum Gasteiger partial charge on any atom is -0.264 e. The summed E-state index contributed by atoms with van der Waals surface area (Å²) in [7, 11) is 0. The maximum Gasteiger partial charge on any atom is 0.416 e. The first-order valence-electron chi connectivity index (χ1n) is 5.50. The minimum absolute atomic E-state index is 0.00880. The van der Waals surface area contributed by atoms with E-state index >= 15 is 0 Å². The molecule has 0 bridgehead atoms. The minimum atomic E-state index is -4.47. The number of hydrogen-bond donors (Lipinski definition) is 0. The number of nitriles is 1. The van der Waals surface area contributed by atoms with E-state index in [0.29, 0.717) is 11.1 Å². The van der Waals surface area contributed by atoms with Crippen LogP contribution >= 0.6 is 0 Å². The second-order valence-corrected chi connectivity index (χ2v) is 3.91. The Morgan fingerprint density at radius 1 is 1.16 bits per heavy atom. The second-order valence-electron chi connectivity index (χ2n) is 3.91. The number of nitrogens with zero attached hydrogens (tertiary/aromatic N) is 2. The zero-order chi connectivity index (χ0) is 13.9. The van der Waals surface area contributed by atoms with E-state index in [-0.39, 0.29) is 12.0 Å². The fourth-order valence-electron chi connectivity index (χ4n) is 1.91. The van der Waals surface area contributed by atoms with E-state index in [1.54, 1.807) is 30.5 Å². The molecule has 0 amide bonds. The largest absolute Gasteiger partial charge is 0.416 e. The van der Waals surface area contributed by atoms with Crippen LogP contribution in [0.25, 0.3) is 11.1 Å². The van der Waals surface area contributed by atoms with Crippen LogP contribution in [0.5, 0.6) is 0 Å².